The van der Waals surface area contributed by atoms with Crippen molar-refractivity contribution in [3.63, 3.8) is 0 Å². The molecule has 0 radical (unpaired) electrons. The van der Waals surface area contributed by atoms with Gasteiger partial charge in [0.25, 0.3) is 0 Å². The van der Waals surface area contributed by atoms with Crippen LogP contribution in [0, 0.1) is 6.57 Å². The fourth-order valence-electron chi connectivity index (χ4n) is 1.06. The van der Waals surface area contributed by atoms with Gasteiger partial charge in [0.1, 0.15) is 0 Å². The summed E-state index contributed by atoms with van der Waals surface area (Å²) in [5, 5.41) is 0. The maximum Gasteiger partial charge on any atom is 0.338 e. The zero-order valence-corrected chi connectivity index (χ0v) is 8.69. The van der Waals surface area contributed by atoms with Gasteiger partial charge >= 0.3 is 5.97 Å². The number of hydrogen-bond acceptors (Lipinski definition) is 2. The van der Waals surface area contributed by atoms with Crippen molar-refractivity contribution in [3.05, 3.63) is 41.2 Å². The minimum absolute atomic E-state index is 0.319. The Hall–Kier alpha value is -1.82. The van der Waals surface area contributed by atoms with Gasteiger partial charge in [0.2, 0.25) is 0 Å². The first kappa shape index (κ1) is 11.3. The predicted molar refractivity (Wildman–Crippen MR) is 57.9 cm³/mol. The summed E-state index contributed by atoms with van der Waals surface area (Å²) in [5.74, 6) is -0.319. The van der Waals surface area contributed by atoms with Crippen LogP contribution in [0.25, 0.3) is 4.85 Å². The van der Waals surface area contributed by atoms with Crippen molar-refractivity contribution in [3.8, 4) is 0 Å². The smallest absolute Gasteiger partial charge is 0.338 e. The van der Waals surface area contributed by atoms with E-state index in [1.54, 1.807) is 24.3 Å². The number of benzene rings is 1. The number of nitrogens with zero attached hydrogens (tertiary/aromatic N) is 1. The quantitative estimate of drug-likeness (QED) is 0.427. The summed E-state index contributed by atoms with van der Waals surface area (Å²) in [5.41, 5.74) is 1.03. The fourth-order valence-corrected chi connectivity index (χ4v) is 1.06. The number of carbonyl (C=O) groups excluding carboxylic acids is 1. The Kier molecular flexibility index (Phi) is 4.36. The molecule has 0 heterocycles. The number of esters is 1. The Balaban J connectivity index is 2.55. The van der Waals surface area contributed by atoms with Crippen LogP contribution in [0.4, 0.5) is 5.69 Å². The van der Waals surface area contributed by atoms with Gasteiger partial charge in [-0.05, 0) is 6.42 Å². The van der Waals surface area contributed by atoms with E-state index in [1.807, 2.05) is 6.92 Å². The maximum atomic E-state index is 11.4. The van der Waals surface area contributed by atoms with Gasteiger partial charge in [-0.3, -0.25) is 0 Å². The predicted octanol–water partition coefficient (Wildman–Crippen LogP) is 3.19. The first-order chi connectivity index (χ1) is 7.27. The van der Waals surface area contributed by atoms with Crippen molar-refractivity contribution in [2.24, 2.45) is 0 Å². The maximum absolute atomic E-state index is 11.4. The van der Waals surface area contributed by atoms with Crippen molar-refractivity contribution in [2.75, 3.05) is 6.61 Å². The number of hydrogen-bond donors (Lipinski definition) is 0. The molecule has 1 rings (SSSR count). The van der Waals surface area contributed by atoms with Gasteiger partial charge in [-0.2, -0.15) is 0 Å². The Morgan fingerprint density at radius 2 is 2.07 bits per heavy atom. The second-order valence-corrected chi connectivity index (χ2v) is 3.15. The van der Waals surface area contributed by atoms with Crippen LogP contribution in [-0.4, -0.2) is 12.6 Å². The van der Waals surface area contributed by atoms with Gasteiger partial charge in [0.15, 0.2) is 5.69 Å². The van der Waals surface area contributed by atoms with Crippen molar-refractivity contribution < 1.29 is 9.53 Å². The molecule has 0 aliphatic carbocycles. The molecule has 0 spiro atoms. The second-order valence-electron chi connectivity index (χ2n) is 3.15. The Bertz CT molecular complexity index is 362. The fraction of sp³-hybridized carbons (Fsp3) is 0.333. The van der Waals surface area contributed by atoms with E-state index in [9.17, 15) is 4.79 Å². The summed E-state index contributed by atoms with van der Waals surface area (Å²) in [4.78, 5) is 14.7. The number of carbonyl (C=O) groups is 1. The molecule has 0 aliphatic heterocycles. The summed E-state index contributed by atoms with van der Waals surface area (Å²) in [6.07, 6.45) is 1.88. The Morgan fingerprint density at radius 1 is 1.40 bits per heavy atom. The van der Waals surface area contributed by atoms with E-state index in [-0.39, 0.29) is 5.97 Å². The number of rotatable bonds is 4. The van der Waals surface area contributed by atoms with Crippen LogP contribution in [0.3, 0.4) is 0 Å². The van der Waals surface area contributed by atoms with E-state index in [0.717, 1.165) is 12.8 Å². The minimum atomic E-state index is -0.319. The highest BCUT2D eigenvalue weighted by atomic mass is 16.5. The van der Waals surface area contributed by atoms with Crippen LogP contribution in [-0.2, 0) is 4.74 Å². The normalized spacial score (nSPS) is 9.33. The molecule has 0 aliphatic rings. The van der Waals surface area contributed by atoms with Gasteiger partial charge in [-0.25, -0.2) is 9.64 Å². The molecule has 0 bridgehead atoms. The van der Waals surface area contributed by atoms with Gasteiger partial charge in [-0.1, -0.05) is 37.6 Å². The lowest BCUT2D eigenvalue weighted by Gasteiger charge is -2.03. The Labute approximate surface area is 89.5 Å². The molecule has 0 saturated carbocycles. The SMILES string of the molecule is [C-]#[N+]c1ccc(C(=O)OCCCC)cc1. The third kappa shape index (κ3) is 3.43. The third-order valence-corrected chi connectivity index (χ3v) is 1.96. The standard InChI is InChI=1S/C12H13NO2/c1-3-4-9-15-12(14)10-5-7-11(13-2)8-6-10/h5-8H,3-4,9H2,1H3. The topological polar surface area (TPSA) is 30.7 Å². The van der Waals surface area contributed by atoms with Gasteiger partial charge < -0.3 is 4.74 Å². The van der Waals surface area contributed by atoms with E-state index in [1.165, 1.54) is 0 Å². The van der Waals surface area contributed by atoms with E-state index in [2.05, 4.69) is 4.85 Å². The van der Waals surface area contributed by atoms with Crippen LogP contribution in [0.15, 0.2) is 24.3 Å². The lowest BCUT2D eigenvalue weighted by Crippen LogP contribution is -2.05. The van der Waals surface area contributed by atoms with Crippen molar-refractivity contribution in [2.45, 2.75) is 19.8 Å². The lowest BCUT2D eigenvalue weighted by molar-refractivity contribution is 0.0500. The molecule has 3 heteroatoms. The molecule has 1 aromatic carbocycles. The minimum Gasteiger partial charge on any atom is -0.462 e. The molecule has 0 atom stereocenters. The molecule has 0 amide bonds. The summed E-state index contributed by atoms with van der Waals surface area (Å²) < 4.78 is 5.03. The largest absolute Gasteiger partial charge is 0.462 e. The van der Waals surface area contributed by atoms with Crippen LogP contribution >= 0.6 is 0 Å². The molecule has 0 N–H and O–H groups in total. The molecule has 0 aromatic heterocycles. The molecule has 0 unspecified atom stereocenters. The van der Waals surface area contributed by atoms with E-state index in [4.69, 9.17) is 11.3 Å². The zero-order chi connectivity index (χ0) is 11.1. The highest BCUT2D eigenvalue weighted by molar-refractivity contribution is 5.89. The van der Waals surface area contributed by atoms with E-state index in [0.29, 0.717) is 17.9 Å². The van der Waals surface area contributed by atoms with E-state index < -0.39 is 0 Å². The molecule has 3 nitrogen and oxygen atoms in total. The average Bonchev–Trinajstić information content (AvgIpc) is 2.29. The summed E-state index contributed by atoms with van der Waals surface area (Å²) in [7, 11) is 0. The number of ether oxygens (including phenoxy) is 1. The molecule has 0 saturated heterocycles. The second kappa shape index (κ2) is 5.82. The van der Waals surface area contributed by atoms with Crippen LogP contribution in [0.1, 0.15) is 30.1 Å². The lowest BCUT2D eigenvalue weighted by atomic mass is 10.2. The summed E-state index contributed by atoms with van der Waals surface area (Å²) in [6.45, 7) is 9.26. The first-order valence-corrected chi connectivity index (χ1v) is 4.92. The first-order valence-electron chi connectivity index (χ1n) is 4.92. The molecular weight excluding hydrogens is 190 g/mol. The van der Waals surface area contributed by atoms with Gasteiger partial charge in [0, 0.05) is 0 Å². The van der Waals surface area contributed by atoms with Crippen LogP contribution in [0.5, 0.6) is 0 Å². The molecule has 1 aromatic rings. The van der Waals surface area contributed by atoms with Crippen molar-refractivity contribution in [1.82, 2.24) is 0 Å². The van der Waals surface area contributed by atoms with Crippen molar-refractivity contribution >= 4 is 11.7 Å². The highest BCUT2D eigenvalue weighted by Crippen LogP contribution is 2.13. The monoisotopic (exact) mass is 203 g/mol. The third-order valence-electron chi connectivity index (χ3n) is 1.96. The zero-order valence-electron chi connectivity index (χ0n) is 8.69. The van der Waals surface area contributed by atoms with Crippen LogP contribution < -0.4 is 0 Å². The molecule has 78 valence electrons. The Morgan fingerprint density at radius 3 is 2.60 bits per heavy atom. The summed E-state index contributed by atoms with van der Waals surface area (Å²) in [6, 6.07) is 6.45. The van der Waals surface area contributed by atoms with Gasteiger partial charge in [0.05, 0.1) is 18.7 Å². The van der Waals surface area contributed by atoms with Crippen molar-refractivity contribution in [1.29, 1.82) is 0 Å². The average molecular weight is 203 g/mol. The van der Waals surface area contributed by atoms with Gasteiger partial charge in [-0.15, -0.1) is 0 Å². The molecular formula is C12H13NO2. The van der Waals surface area contributed by atoms with E-state index >= 15 is 0 Å². The summed E-state index contributed by atoms with van der Waals surface area (Å²) >= 11 is 0. The number of unbranched alkanes of at least 4 members (excludes halogenated alkanes) is 1. The highest BCUT2D eigenvalue weighted by Gasteiger charge is 2.05. The molecule has 0 fully saturated rings. The van der Waals surface area contributed by atoms with Crippen LogP contribution in [0.2, 0.25) is 0 Å². The molecule has 15 heavy (non-hydrogen) atoms.